The van der Waals surface area contributed by atoms with Crippen LogP contribution in [0.15, 0.2) is 48.7 Å². The lowest BCUT2D eigenvalue weighted by Crippen LogP contribution is -2.49. The van der Waals surface area contributed by atoms with E-state index in [1.54, 1.807) is 51.0 Å². The number of alkyl halides is 2. The number of carbonyl (C=O) groups excluding carboxylic acids is 6. The molecule has 2 aromatic carbocycles. The molecule has 486 valence electrons. The van der Waals surface area contributed by atoms with Crippen molar-refractivity contribution in [1.29, 1.82) is 5.26 Å². The van der Waals surface area contributed by atoms with Gasteiger partial charge in [-0.15, -0.1) is 5.10 Å². The van der Waals surface area contributed by atoms with Crippen LogP contribution in [0.2, 0.25) is 0 Å². The SMILES string of the molecule is CCN1CCN(CC(=O)O)CCN(CC(=O)O)CCN(CC(=O)NCCOCCOCCOCCOCCC(=O)NCCNC(=O)c2ccc(-c3cn(Cc4cccc5c4CN(C(=O)C[C@@H]4C[C@@H](C(=O)N6CC(F)(F)C[C@H]6C#N)NC4=O)C5)nn3)cc2)CC1. The van der Waals surface area contributed by atoms with Crippen LogP contribution in [0.3, 0.4) is 0 Å². The number of carboxylic acids is 2. The Bertz CT molecular complexity index is 2920. The van der Waals surface area contributed by atoms with Gasteiger partial charge >= 0.3 is 11.9 Å². The Morgan fingerprint density at radius 3 is 1.93 bits per heavy atom. The maximum atomic E-state index is 14.0. The van der Waals surface area contributed by atoms with Crippen molar-refractivity contribution in [3.05, 3.63) is 70.9 Å². The molecular formula is C59H82F2N14O14. The molecule has 7 rings (SSSR count). The van der Waals surface area contributed by atoms with Gasteiger partial charge in [-0.1, -0.05) is 42.5 Å². The zero-order chi connectivity index (χ0) is 63.7. The molecule has 0 bridgehead atoms. The lowest BCUT2D eigenvalue weighted by molar-refractivity contribution is -0.140. The second-order valence-corrected chi connectivity index (χ2v) is 22.3. The summed E-state index contributed by atoms with van der Waals surface area (Å²) >= 11 is 0. The fourth-order valence-electron chi connectivity index (χ4n) is 10.8. The number of nitrogens with one attached hydrogen (secondary N) is 4. The molecule has 3 saturated heterocycles. The smallest absolute Gasteiger partial charge is 0.317 e. The molecule has 5 heterocycles. The first kappa shape index (κ1) is 68.9. The van der Waals surface area contributed by atoms with Crippen LogP contribution in [0.5, 0.6) is 0 Å². The van der Waals surface area contributed by atoms with E-state index in [0.29, 0.717) is 129 Å². The third-order valence-corrected chi connectivity index (χ3v) is 15.7. The monoisotopic (exact) mass is 1250 g/mol. The van der Waals surface area contributed by atoms with E-state index in [4.69, 9.17) is 18.9 Å². The van der Waals surface area contributed by atoms with Crippen LogP contribution in [0.1, 0.15) is 59.7 Å². The highest BCUT2D eigenvalue weighted by molar-refractivity contribution is 5.95. The highest BCUT2D eigenvalue weighted by Crippen LogP contribution is 2.34. The number of halogens is 2. The van der Waals surface area contributed by atoms with E-state index in [0.717, 1.165) is 33.7 Å². The van der Waals surface area contributed by atoms with E-state index in [2.05, 4.69) is 36.5 Å². The highest BCUT2D eigenvalue weighted by Gasteiger charge is 2.50. The number of nitrogens with zero attached hydrogens (tertiary/aromatic N) is 10. The first-order valence-corrected chi connectivity index (χ1v) is 30.1. The predicted octanol–water partition coefficient (Wildman–Crippen LogP) is -0.680. The Hall–Kier alpha value is -7.63. The summed E-state index contributed by atoms with van der Waals surface area (Å²) in [4.78, 5) is 111. The molecule has 0 unspecified atom stereocenters. The quantitative estimate of drug-likeness (QED) is 0.0422. The third-order valence-electron chi connectivity index (χ3n) is 15.7. The summed E-state index contributed by atoms with van der Waals surface area (Å²) in [6, 6.07) is 12.0. The van der Waals surface area contributed by atoms with E-state index < -0.39 is 60.6 Å². The molecule has 3 fully saturated rings. The zero-order valence-electron chi connectivity index (χ0n) is 50.3. The first-order chi connectivity index (χ1) is 42.9. The van der Waals surface area contributed by atoms with E-state index in [1.165, 1.54) is 0 Å². The van der Waals surface area contributed by atoms with Crippen LogP contribution in [0.25, 0.3) is 11.3 Å². The largest absolute Gasteiger partial charge is 0.480 e. The number of hydrogen-bond donors (Lipinski definition) is 6. The van der Waals surface area contributed by atoms with Crippen molar-refractivity contribution in [1.82, 2.24) is 65.7 Å². The van der Waals surface area contributed by atoms with Crippen molar-refractivity contribution < 1.29 is 76.3 Å². The molecule has 0 aliphatic carbocycles. The summed E-state index contributed by atoms with van der Waals surface area (Å²) in [7, 11) is 0. The third kappa shape index (κ3) is 22.4. The minimum Gasteiger partial charge on any atom is -0.480 e. The summed E-state index contributed by atoms with van der Waals surface area (Å²) in [5.74, 6) is -8.19. The molecule has 0 saturated carbocycles. The number of hydrogen-bond acceptors (Lipinski definition) is 19. The van der Waals surface area contributed by atoms with Crippen molar-refractivity contribution in [2.75, 3.05) is 158 Å². The van der Waals surface area contributed by atoms with Gasteiger partial charge in [0.25, 0.3) is 11.8 Å². The van der Waals surface area contributed by atoms with Crippen LogP contribution in [-0.2, 0) is 72.1 Å². The normalized spacial score (nSPS) is 19.4. The molecule has 4 aliphatic rings. The molecule has 28 nitrogen and oxygen atoms in total. The summed E-state index contributed by atoms with van der Waals surface area (Å²) in [5, 5.41) is 47.7. The van der Waals surface area contributed by atoms with Gasteiger partial charge in [0.05, 0.1) is 97.8 Å². The Kier molecular flexibility index (Phi) is 27.0. The van der Waals surface area contributed by atoms with E-state index in [9.17, 15) is 62.6 Å². The van der Waals surface area contributed by atoms with Crippen LogP contribution < -0.4 is 21.3 Å². The predicted molar refractivity (Wildman–Crippen MR) is 314 cm³/mol. The maximum Gasteiger partial charge on any atom is 0.317 e. The van der Waals surface area contributed by atoms with Gasteiger partial charge < -0.3 is 65.1 Å². The Morgan fingerprint density at radius 2 is 1.31 bits per heavy atom. The first-order valence-electron chi connectivity index (χ1n) is 30.1. The minimum absolute atomic E-state index is 0.0372. The summed E-state index contributed by atoms with van der Waals surface area (Å²) < 4.78 is 51.9. The highest BCUT2D eigenvalue weighted by atomic mass is 19.3. The number of benzene rings is 2. The molecule has 6 N–H and O–H groups in total. The van der Waals surface area contributed by atoms with E-state index >= 15 is 0 Å². The molecule has 0 radical (unpaired) electrons. The van der Waals surface area contributed by atoms with Crippen LogP contribution in [-0.4, -0.2) is 278 Å². The number of rotatable bonds is 32. The topological polar surface area (TPSA) is 336 Å². The van der Waals surface area contributed by atoms with Gasteiger partial charge in [-0.25, -0.2) is 13.5 Å². The lowest BCUT2D eigenvalue weighted by Gasteiger charge is -2.33. The summed E-state index contributed by atoms with van der Waals surface area (Å²) in [6.45, 7) is 10.1. The molecule has 3 atom stereocenters. The van der Waals surface area contributed by atoms with Gasteiger partial charge in [0.1, 0.15) is 17.8 Å². The Labute approximate surface area is 515 Å². The van der Waals surface area contributed by atoms with Crippen molar-refractivity contribution in [3.63, 3.8) is 0 Å². The number of carboxylic acid groups (broad SMARTS) is 2. The van der Waals surface area contributed by atoms with Crippen molar-refractivity contribution >= 4 is 47.4 Å². The number of aliphatic carboxylic acids is 2. The van der Waals surface area contributed by atoms with Gasteiger partial charge in [0.15, 0.2) is 0 Å². The van der Waals surface area contributed by atoms with E-state index in [1.807, 2.05) is 34.9 Å². The van der Waals surface area contributed by atoms with Crippen LogP contribution >= 0.6 is 0 Å². The number of nitriles is 1. The minimum atomic E-state index is -3.19. The van der Waals surface area contributed by atoms with Crippen molar-refractivity contribution in [2.24, 2.45) is 5.92 Å². The second-order valence-electron chi connectivity index (χ2n) is 22.3. The van der Waals surface area contributed by atoms with Gasteiger partial charge in [-0.05, 0) is 41.8 Å². The fraction of sp³-hybridized carbons (Fsp3) is 0.610. The number of likely N-dealkylation sites (N-methyl/N-ethyl adjacent to an activating group) is 1. The molecule has 89 heavy (non-hydrogen) atoms. The molecule has 1 aromatic heterocycles. The van der Waals surface area contributed by atoms with Crippen LogP contribution in [0.4, 0.5) is 8.78 Å². The molecule has 3 aromatic rings. The molecule has 0 spiro atoms. The van der Waals surface area contributed by atoms with Gasteiger partial charge in [0, 0.05) is 121 Å². The fourth-order valence-corrected chi connectivity index (χ4v) is 10.8. The average molecular weight is 1250 g/mol. The lowest BCUT2D eigenvalue weighted by atomic mass is 9.99. The number of aromatic nitrogens is 3. The zero-order valence-corrected chi connectivity index (χ0v) is 50.3. The van der Waals surface area contributed by atoms with Gasteiger partial charge in [0.2, 0.25) is 29.5 Å². The summed E-state index contributed by atoms with van der Waals surface area (Å²) in [5.41, 5.74) is 4.50. The van der Waals surface area contributed by atoms with Crippen LogP contribution in [0, 0.1) is 17.2 Å². The molecule has 4 aliphatic heterocycles. The molecule has 6 amide bonds. The van der Waals surface area contributed by atoms with Gasteiger partial charge in [-0.3, -0.25) is 53.1 Å². The summed E-state index contributed by atoms with van der Waals surface area (Å²) in [6.07, 6.45) is 0.942. The standard InChI is InChI=1S/C59H82F2N14O14/c1-2-69-14-16-70(18-19-72(40-55(81)82)21-20-71(17-15-69)39-54(79)80)38-52(77)64-13-23-87-25-27-89-29-28-88-26-24-86-22-10-51(76)63-11-12-65-56(83)43-8-6-42(7-9-43)50-37-74(68-67-50)35-45-5-3-4-44-34-73(36-48(44)45)53(78)31-46-30-49(66-57(46)84)58(85)75-41-59(60,61)32-47(75)33-62/h3-9,37,46-47,49H,2,10-32,34-36,38-41H2,1H3,(H,63,76)(H,64,77)(H,65,83)(H,66,84)(H,79,80)(H,81,82)/t46-,47-,49-/m0/s1. The number of fused-ring (bicyclic) bond motifs is 1. The molecular weight excluding hydrogens is 1170 g/mol. The average Bonchev–Trinajstić information content (AvgIpc) is 1.89. The van der Waals surface area contributed by atoms with Crippen molar-refractivity contribution in [3.8, 4) is 17.3 Å². The van der Waals surface area contributed by atoms with E-state index in [-0.39, 0.29) is 88.8 Å². The number of amides is 6. The van der Waals surface area contributed by atoms with Crippen molar-refractivity contribution in [2.45, 2.75) is 70.2 Å². The molecule has 30 heteroatoms. The Balaban J connectivity index is 0.680. The number of ether oxygens (including phenoxy) is 4. The number of carbonyl (C=O) groups is 8. The maximum absolute atomic E-state index is 14.0. The van der Waals surface area contributed by atoms with Gasteiger partial charge in [-0.2, -0.15) is 5.26 Å². The Morgan fingerprint density at radius 1 is 0.730 bits per heavy atom. The number of likely N-dealkylation sites (tertiary alicyclic amines) is 1. The second kappa shape index (κ2) is 34.9.